The van der Waals surface area contributed by atoms with Crippen molar-refractivity contribution in [3.8, 4) is 0 Å². The average molecular weight is 366 g/mol. The molecule has 1 unspecified atom stereocenters. The summed E-state index contributed by atoms with van der Waals surface area (Å²) >= 11 is 5.51. The molecule has 1 nitrogen and oxygen atoms in total. The Hall–Kier alpha value is -0.640. The fraction of sp³-hybridized carbons (Fsp3) is 0.444. The van der Waals surface area contributed by atoms with E-state index >= 15 is 0 Å². The molecule has 0 aliphatic carbocycles. The highest BCUT2D eigenvalue weighted by Crippen LogP contribution is 2.36. The van der Waals surface area contributed by atoms with Gasteiger partial charge in [0, 0.05) is 9.35 Å². The summed E-state index contributed by atoms with van der Waals surface area (Å²) in [4.78, 5) is 1.37. The van der Waals surface area contributed by atoms with Gasteiger partial charge in [-0.15, -0.1) is 11.3 Å². The average Bonchev–Trinajstić information content (AvgIpc) is 2.94. The molecule has 114 valence electrons. The first-order valence-electron chi connectivity index (χ1n) is 7.70. The second-order valence-electron chi connectivity index (χ2n) is 5.24. The number of aryl methyl sites for hydroxylation is 3. The van der Waals surface area contributed by atoms with Gasteiger partial charge in [0.05, 0.1) is 6.04 Å². The first-order chi connectivity index (χ1) is 10.2. The normalized spacial score (nSPS) is 12.6. The predicted molar refractivity (Wildman–Crippen MR) is 97.5 cm³/mol. The van der Waals surface area contributed by atoms with Gasteiger partial charge in [-0.05, 0) is 75.9 Å². The monoisotopic (exact) mass is 365 g/mol. The number of hydrogen-bond acceptors (Lipinski definition) is 2. The van der Waals surface area contributed by atoms with E-state index in [0.717, 1.165) is 19.3 Å². The summed E-state index contributed by atoms with van der Waals surface area (Å²) in [6.45, 7) is 6.75. The van der Waals surface area contributed by atoms with Crippen LogP contribution in [0.15, 0.2) is 28.1 Å². The summed E-state index contributed by atoms with van der Waals surface area (Å²) in [6.07, 6.45) is 3.27. The van der Waals surface area contributed by atoms with Crippen LogP contribution in [0.5, 0.6) is 0 Å². The predicted octanol–water partition coefficient (Wildman–Crippen LogP) is 5.51. The molecular formula is C18H24BrNS. The first kappa shape index (κ1) is 16.7. The van der Waals surface area contributed by atoms with Crippen LogP contribution in [-0.4, -0.2) is 7.05 Å². The van der Waals surface area contributed by atoms with Crippen molar-refractivity contribution < 1.29 is 0 Å². The second-order valence-corrected chi connectivity index (χ2v) is 7.04. The lowest BCUT2D eigenvalue weighted by Crippen LogP contribution is -2.20. The maximum atomic E-state index is 3.70. The molecule has 0 radical (unpaired) electrons. The van der Waals surface area contributed by atoms with E-state index in [0.29, 0.717) is 0 Å². The molecule has 0 aliphatic heterocycles. The number of hydrogen-bond donors (Lipinski definition) is 1. The Labute approximate surface area is 140 Å². The second kappa shape index (κ2) is 7.57. The molecule has 0 saturated heterocycles. The van der Waals surface area contributed by atoms with E-state index in [2.05, 4.69) is 72.6 Å². The third kappa shape index (κ3) is 3.41. The Bertz CT molecular complexity index is 578. The summed E-state index contributed by atoms with van der Waals surface area (Å²) in [5.41, 5.74) is 5.88. The molecule has 1 aromatic carbocycles. The molecule has 2 aromatic rings. The fourth-order valence-corrected chi connectivity index (χ4v) is 4.65. The lowest BCUT2D eigenvalue weighted by atomic mass is 9.88. The molecule has 0 bridgehead atoms. The molecule has 1 N–H and O–H groups in total. The number of thiophene rings is 1. The summed E-state index contributed by atoms with van der Waals surface area (Å²) in [6, 6.07) is 7.19. The van der Waals surface area contributed by atoms with E-state index in [-0.39, 0.29) is 6.04 Å². The number of benzene rings is 1. The molecule has 1 aromatic heterocycles. The minimum Gasteiger partial charge on any atom is -0.309 e. The Morgan fingerprint density at radius 2 is 1.71 bits per heavy atom. The highest BCUT2D eigenvalue weighted by atomic mass is 79.9. The van der Waals surface area contributed by atoms with Gasteiger partial charge in [-0.1, -0.05) is 32.9 Å². The van der Waals surface area contributed by atoms with Crippen LogP contribution in [0.1, 0.15) is 53.9 Å². The van der Waals surface area contributed by atoms with Crippen molar-refractivity contribution in [2.75, 3.05) is 7.05 Å². The zero-order valence-electron chi connectivity index (χ0n) is 13.3. The third-order valence-electron chi connectivity index (χ3n) is 4.07. The lowest BCUT2D eigenvalue weighted by molar-refractivity contribution is 0.684. The Balaban J connectivity index is 2.62. The standard InChI is InChI=1S/C18H24BrNS/c1-5-12-10-13(6-2)16(14(7-3)11-12)17(20-4)18-15(19)8-9-21-18/h8-11,17,20H,5-7H2,1-4H3. The molecule has 1 heterocycles. The molecule has 0 spiro atoms. The first-order valence-corrected chi connectivity index (χ1v) is 9.38. The third-order valence-corrected chi connectivity index (χ3v) is 6.00. The largest absolute Gasteiger partial charge is 0.309 e. The zero-order valence-corrected chi connectivity index (χ0v) is 15.7. The van der Waals surface area contributed by atoms with Crippen LogP contribution in [0, 0.1) is 0 Å². The summed E-state index contributed by atoms with van der Waals surface area (Å²) in [5.74, 6) is 0. The van der Waals surface area contributed by atoms with Gasteiger partial charge in [-0.25, -0.2) is 0 Å². The molecule has 3 heteroatoms. The van der Waals surface area contributed by atoms with Gasteiger partial charge < -0.3 is 5.32 Å². The maximum absolute atomic E-state index is 3.70. The van der Waals surface area contributed by atoms with Gasteiger partial charge in [0.25, 0.3) is 0 Å². The zero-order chi connectivity index (χ0) is 15.4. The summed E-state index contributed by atoms with van der Waals surface area (Å²) in [7, 11) is 2.06. The Morgan fingerprint density at radius 3 is 2.10 bits per heavy atom. The molecule has 0 fully saturated rings. The van der Waals surface area contributed by atoms with Crippen molar-refractivity contribution in [2.45, 2.75) is 46.1 Å². The molecule has 0 saturated carbocycles. The van der Waals surface area contributed by atoms with Crippen LogP contribution < -0.4 is 5.32 Å². The highest BCUT2D eigenvalue weighted by molar-refractivity contribution is 9.10. The smallest absolute Gasteiger partial charge is 0.0685 e. The van der Waals surface area contributed by atoms with E-state index in [1.807, 2.05) is 11.3 Å². The van der Waals surface area contributed by atoms with Crippen LogP contribution in [0.2, 0.25) is 0 Å². The van der Waals surface area contributed by atoms with Gasteiger partial charge in [0.15, 0.2) is 0 Å². The van der Waals surface area contributed by atoms with Crippen LogP contribution in [0.25, 0.3) is 0 Å². The van der Waals surface area contributed by atoms with Gasteiger partial charge in [-0.2, -0.15) is 0 Å². The van der Waals surface area contributed by atoms with E-state index in [9.17, 15) is 0 Å². The molecule has 2 rings (SSSR count). The lowest BCUT2D eigenvalue weighted by Gasteiger charge is -2.24. The molecule has 1 atom stereocenters. The summed E-state index contributed by atoms with van der Waals surface area (Å²) < 4.78 is 1.20. The molecule has 21 heavy (non-hydrogen) atoms. The number of nitrogens with one attached hydrogen (secondary N) is 1. The van der Waals surface area contributed by atoms with Crippen molar-refractivity contribution in [1.29, 1.82) is 0 Å². The number of rotatable bonds is 6. The van der Waals surface area contributed by atoms with Gasteiger partial charge in [0.1, 0.15) is 0 Å². The van der Waals surface area contributed by atoms with Crippen LogP contribution >= 0.6 is 27.3 Å². The minimum absolute atomic E-state index is 0.273. The SMILES string of the molecule is CCc1cc(CC)c(C(NC)c2sccc2Br)c(CC)c1. The topological polar surface area (TPSA) is 12.0 Å². The summed E-state index contributed by atoms with van der Waals surface area (Å²) in [5, 5.41) is 5.68. The minimum atomic E-state index is 0.273. The van der Waals surface area contributed by atoms with Crippen LogP contribution in [0.3, 0.4) is 0 Å². The molecule has 0 amide bonds. The maximum Gasteiger partial charge on any atom is 0.0685 e. The van der Waals surface area contributed by atoms with Crippen molar-refractivity contribution in [3.63, 3.8) is 0 Å². The van der Waals surface area contributed by atoms with Crippen LogP contribution in [0.4, 0.5) is 0 Å². The quantitative estimate of drug-likeness (QED) is 0.711. The Kier molecular flexibility index (Phi) is 6.03. The van der Waals surface area contributed by atoms with E-state index in [4.69, 9.17) is 0 Å². The van der Waals surface area contributed by atoms with Crippen molar-refractivity contribution in [3.05, 3.63) is 55.2 Å². The number of halogens is 1. The van der Waals surface area contributed by atoms with Crippen LogP contribution in [-0.2, 0) is 19.3 Å². The van der Waals surface area contributed by atoms with Crippen molar-refractivity contribution >= 4 is 27.3 Å². The molecular weight excluding hydrogens is 342 g/mol. The fourth-order valence-electron chi connectivity index (χ4n) is 2.93. The van der Waals surface area contributed by atoms with E-state index in [1.165, 1.54) is 31.6 Å². The highest BCUT2D eigenvalue weighted by Gasteiger charge is 2.22. The van der Waals surface area contributed by atoms with Gasteiger partial charge in [-0.3, -0.25) is 0 Å². The Morgan fingerprint density at radius 1 is 1.10 bits per heavy atom. The van der Waals surface area contributed by atoms with Crippen molar-refractivity contribution in [1.82, 2.24) is 5.32 Å². The van der Waals surface area contributed by atoms with E-state index < -0.39 is 0 Å². The van der Waals surface area contributed by atoms with Gasteiger partial charge in [0.2, 0.25) is 0 Å². The van der Waals surface area contributed by atoms with Crippen molar-refractivity contribution in [2.24, 2.45) is 0 Å². The van der Waals surface area contributed by atoms with E-state index in [1.54, 1.807) is 0 Å². The van der Waals surface area contributed by atoms with Gasteiger partial charge >= 0.3 is 0 Å². The molecule has 0 aliphatic rings.